The van der Waals surface area contributed by atoms with Gasteiger partial charge in [-0.15, -0.1) is 0 Å². The van der Waals surface area contributed by atoms with Gasteiger partial charge in [-0.2, -0.15) is 0 Å². The van der Waals surface area contributed by atoms with Crippen LogP contribution in [-0.4, -0.2) is 37.0 Å². The summed E-state index contributed by atoms with van der Waals surface area (Å²) in [7, 11) is 0. The minimum absolute atomic E-state index is 0.0638. The Balaban J connectivity index is 1.96. The van der Waals surface area contributed by atoms with Crippen molar-refractivity contribution in [2.75, 3.05) is 19.6 Å². The first-order valence-electron chi connectivity index (χ1n) is 9.23. The van der Waals surface area contributed by atoms with Gasteiger partial charge in [0.1, 0.15) is 6.54 Å². The van der Waals surface area contributed by atoms with Crippen LogP contribution < -0.4 is 16.0 Å². The zero-order chi connectivity index (χ0) is 18.3. The van der Waals surface area contributed by atoms with Crippen molar-refractivity contribution in [2.24, 2.45) is 4.99 Å². The van der Waals surface area contributed by atoms with E-state index in [1.165, 1.54) is 24.8 Å². The molecule has 1 aromatic rings. The molecule has 1 fully saturated rings. The first-order valence-corrected chi connectivity index (χ1v) is 9.23. The van der Waals surface area contributed by atoms with Crippen molar-refractivity contribution < 1.29 is 4.79 Å². The predicted octanol–water partition coefficient (Wildman–Crippen LogP) is 2.58. The second kappa shape index (κ2) is 8.37. The van der Waals surface area contributed by atoms with Crippen LogP contribution in [0.1, 0.15) is 52.5 Å². The third kappa shape index (κ3) is 5.76. The van der Waals surface area contributed by atoms with E-state index in [0.717, 1.165) is 13.1 Å². The fourth-order valence-corrected chi connectivity index (χ4v) is 3.17. The van der Waals surface area contributed by atoms with Gasteiger partial charge in [-0.25, -0.2) is 4.99 Å². The lowest BCUT2D eigenvalue weighted by Crippen LogP contribution is -2.49. The van der Waals surface area contributed by atoms with Crippen molar-refractivity contribution in [3.63, 3.8) is 0 Å². The molecule has 0 spiro atoms. The van der Waals surface area contributed by atoms with Gasteiger partial charge in [0, 0.05) is 24.0 Å². The van der Waals surface area contributed by atoms with E-state index in [9.17, 15) is 4.79 Å². The Kier molecular flexibility index (Phi) is 6.45. The molecule has 3 N–H and O–H groups in total. The maximum Gasteiger partial charge on any atom is 0.242 e. The average Bonchev–Trinajstić information content (AvgIpc) is 2.51. The maximum absolute atomic E-state index is 12.0. The molecule has 1 aliphatic rings. The van der Waals surface area contributed by atoms with E-state index < -0.39 is 0 Å². The van der Waals surface area contributed by atoms with E-state index in [2.05, 4.69) is 51.3 Å². The van der Waals surface area contributed by atoms with E-state index in [1.54, 1.807) is 0 Å². The zero-order valence-corrected chi connectivity index (χ0v) is 16.0. The summed E-state index contributed by atoms with van der Waals surface area (Å²) in [4.78, 5) is 16.4. The Labute approximate surface area is 151 Å². The second-order valence-electron chi connectivity index (χ2n) is 7.85. The number of benzene rings is 1. The molecule has 0 saturated heterocycles. The third-order valence-electron chi connectivity index (χ3n) is 4.53. The minimum atomic E-state index is -0.234. The normalized spacial score (nSPS) is 16.7. The van der Waals surface area contributed by atoms with Crippen LogP contribution in [0.15, 0.2) is 35.3 Å². The zero-order valence-electron chi connectivity index (χ0n) is 16.0. The standard InChI is InChI=1S/C20H32N4O/c1-5-21-18(22-14-17(25)24-19(2,3)4)23-15-20(12-9-13-20)16-10-7-6-8-11-16/h6-8,10-11H,5,9,12-15H2,1-4H3,(H,24,25)(H2,21,22,23). The van der Waals surface area contributed by atoms with Crippen molar-refractivity contribution in [1.82, 2.24) is 16.0 Å². The highest BCUT2D eigenvalue weighted by Gasteiger charge is 2.38. The van der Waals surface area contributed by atoms with Crippen LogP contribution in [0.2, 0.25) is 0 Å². The fourth-order valence-electron chi connectivity index (χ4n) is 3.17. The summed E-state index contributed by atoms with van der Waals surface area (Å²) >= 11 is 0. The average molecular weight is 345 g/mol. The predicted molar refractivity (Wildman–Crippen MR) is 104 cm³/mol. The Morgan fingerprint density at radius 1 is 1.16 bits per heavy atom. The molecule has 0 atom stereocenters. The van der Waals surface area contributed by atoms with E-state index in [0.29, 0.717) is 5.96 Å². The van der Waals surface area contributed by atoms with E-state index in [4.69, 9.17) is 0 Å². The summed E-state index contributed by atoms with van der Waals surface area (Å²) in [5, 5.41) is 9.61. The van der Waals surface area contributed by atoms with Gasteiger partial charge < -0.3 is 16.0 Å². The number of guanidine groups is 1. The highest BCUT2D eigenvalue weighted by Crippen LogP contribution is 2.43. The van der Waals surface area contributed by atoms with Gasteiger partial charge in [0.05, 0.1) is 0 Å². The topological polar surface area (TPSA) is 65.5 Å². The van der Waals surface area contributed by atoms with Gasteiger partial charge in [0.15, 0.2) is 5.96 Å². The van der Waals surface area contributed by atoms with Crippen LogP contribution in [0, 0.1) is 0 Å². The highest BCUT2D eigenvalue weighted by atomic mass is 16.2. The lowest BCUT2D eigenvalue weighted by atomic mass is 9.64. The van der Waals surface area contributed by atoms with Crippen LogP contribution in [0.3, 0.4) is 0 Å². The van der Waals surface area contributed by atoms with Crippen LogP contribution in [0.5, 0.6) is 0 Å². The number of carbonyl (C=O) groups excluding carboxylic acids is 1. The molecule has 138 valence electrons. The molecule has 0 aliphatic heterocycles. The summed E-state index contributed by atoms with van der Waals surface area (Å²) in [6.45, 7) is 9.68. The molecule has 1 amide bonds. The smallest absolute Gasteiger partial charge is 0.242 e. The van der Waals surface area contributed by atoms with Gasteiger partial charge in [-0.05, 0) is 46.1 Å². The van der Waals surface area contributed by atoms with Gasteiger partial charge in [-0.1, -0.05) is 36.8 Å². The van der Waals surface area contributed by atoms with E-state index in [-0.39, 0.29) is 23.4 Å². The molecule has 2 rings (SSSR count). The largest absolute Gasteiger partial charge is 0.357 e. The van der Waals surface area contributed by atoms with E-state index in [1.807, 2.05) is 27.7 Å². The van der Waals surface area contributed by atoms with Gasteiger partial charge in [0.25, 0.3) is 0 Å². The fraction of sp³-hybridized carbons (Fsp3) is 0.600. The molecule has 0 radical (unpaired) electrons. The summed E-state index contributed by atoms with van der Waals surface area (Å²) in [6.07, 6.45) is 3.64. The quantitative estimate of drug-likeness (QED) is 0.549. The molecule has 0 aromatic heterocycles. The number of nitrogens with zero attached hydrogens (tertiary/aromatic N) is 1. The van der Waals surface area contributed by atoms with Gasteiger partial charge >= 0.3 is 0 Å². The summed E-state index contributed by atoms with van der Waals surface area (Å²) in [5.74, 6) is 0.639. The van der Waals surface area contributed by atoms with Crippen molar-refractivity contribution in [1.29, 1.82) is 0 Å². The Hall–Kier alpha value is -2.04. The first kappa shape index (κ1) is 19.3. The molecule has 0 bridgehead atoms. The van der Waals surface area contributed by atoms with E-state index >= 15 is 0 Å². The highest BCUT2D eigenvalue weighted by molar-refractivity contribution is 5.85. The monoisotopic (exact) mass is 344 g/mol. The molecule has 5 heteroatoms. The van der Waals surface area contributed by atoms with Gasteiger partial charge in [0.2, 0.25) is 5.91 Å². The summed E-state index contributed by atoms with van der Waals surface area (Å²) in [5.41, 5.74) is 1.34. The van der Waals surface area contributed by atoms with Crippen molar-refractivity contribution in [3.8, 4) is 0 Å². The third-order valence-corrected chi connectivity index (χ3v) is 4.53. The lowest BCUT2D eigenvalue weighted by molar-refractivity contribution is -0.121. The molecule has 0 unspecified atom stereocenters. The number of amides is 1. The van der Waals surface area contributed by atoms with Crippen molar-refractivity contribution in [2.45, 2.75) is 57.9 Å². The SMILES string of the molecule is CCNC(=NCC(=O)NC(C)(C)C)NCC1(c2ccccc2)CCC1. The molecule has 1 aromatic carbocycles. The number of nitrogens with one attached hydrogen (secondary N) is 3. The van der Waals surface area contributed by atoms with Crippen molar-refractivity contribution >= 4 is 11.9 Å². The molecule has 0 heterocycles. The molecule has 25 heavy (non-hydrogen) atoms. The molecule has 5 nitrogen and oxygen atoms in total. The molecular weight excluding hydrogens is 312 g/mol. The molecular formula is C20H32N4O. The summed E-state index contributed by atoms with van der Waals surface area (Å²) in [6, 6.07) is 10.7. The van der Waals surface area contributed by atoms with Crippen LogP contribution in [-0.2, 0) is 10.2 Å². The van der Waals surface area contributed by atoms with Crippen LogP contribution >= 0.6 is 0 Å². The summed E-state index contributed by atoms with van der Waals surface area (Å²) < 4.78 is 0. The Morgan fingerprint density at radius 3 is 2.36 bits per heavy atom. The number of rotatable bonds is 6. The second-order valence-corrected chi connectivity index (χ2v) is 7.85. The number of aliphatic imine (C=N–C) groups is 1. The maximum atomic E-state index is 12.0. The van der Waals surface area contributed by atoms with Gasteiger partial charge in [-0.3, -0.25) is 4.79 Å². The Morgan fingerprint density at radius 2 is 1.84 bits per heavy atom. The first-order chi connectivity index (χ1) is 11.8. The minimum Gasteiger partial charge on any atom is -0.357 e. The van der Waals surface area contributed by atoms with Crippen molar-refractivity contribution in [3.05, 3.63) is 35.9 Å². The molecule has 1 saturated carbocycles. The number of carbonyl (C=O) groups is 1. The lowest BCUT2D eigenvalue weighted by Gasteiger charge is -2.43. The van der Waals surface area contributed by atoms with Crippen LogP contribution in [0.4, 0.5) is 0 Å². The number of hydrogen-bond donors (Lipinski definition) is 3. The molecule has 1 aliphatic carbocycles. The Bertz CT molecular complexity index is 585. The van der Waals surface area contributed by atoms with Crippen LogP contribution in [0.25, 0.3) is 0 Å². The number of hydrogen-bond acceptors (Lipinski definition) is 2.